The number of pyridine rings is 1. The second-order valence-electron chi connectivity index (χ2n) is 8.09. The van der Waals surface area contributed by atoms with E-state index in [2.05, 4.69) is 9.71 Å². The number of carbonyl (C=O) groups excluding carboxylic acids is 2. The minimum atomic E-state index is -3.83. The van der Waals surface area contributed by atoms with Crippen LogP contribution in [0.25, 0.3) is 17.2 Å². The van der Waals surface area contributed by atoms with Crippen molar-refractivity contribution in [3.63, 3.8) is 0 Å². The van der Waals surface area contributed by atoms with Gasteiger partial charge in [-0.05, 0) is 48.4 Å². The molecule has 0 unspecified atom stereocenters. The molecule has 0 aliphatic carbocycles. The molecule has 35 heavy (non-hydrogen) atoms. The summed E-state index contributed by atoms with van der Waals surface area (Å²) in [6.07, 6.45) is 3.37. The highest BCUT2D eigenvalue weighted by Crippen LogP contribution is 2.27. The van der Waals surface area contributed by atoms with Crippen molar-refractivity contribution in [2.45, 2.75) is 12.5 Å². The average Bonchev–Trinajstić information content (AvgIpc) is 3.42. The summed E-state index contributed by atoms with van der Waals surface area (Å²) in [4.78, 5) is 33.5. The van der Waals surface area contributed by atoms with Crippen LogP contribution in [-0.4, -0.2) is 56.8 Å². The Morgan fingerprint density at radius 3 is 2.63 bits per heavy atom. The molecule has 4 rings (SSSR count). The van der Waals surface area contributed by atoms with E-state index in [9.17, 15) is 18.0 Å². The van der Waals surface area contributed by atoms with Gasteiger partial charge in [-0.3, -0.25) is 14.5 Å². The predicted octanol–water partition coefficient (Wildman–Crippen LogP) is 3.86. The van der Waals surface area contributed by atoms with Crippen LogP contribution in [0.5, 0.6) is 0 Å². The van der Waals surface area contributed by atoms with E-state index in [-0.39, 0.29) is 11.8 Å². The van der Waals surface area contributed by atoms with Crippen LogP contribution in [0.3, 0.4) is 0 Å². The largest absolute Gasteiger partial charge is 0.345 e. The third kappa shape index (κ3) is 5.79. The van der Waals surface area contributed by atoms with Crippen LogP contribution in [0.1, 0.15) is 21.7 Å². The minimum Gasteiger partial charge on any atom is -0.345 e. The van der Waals surface area contributed by atoms with E-state index in [0.717, 1.165) is 16.5 Å². The first-order chi connectivity index (χ1) is 16.6. The maximum atomic E-state index is 12.9. The van der Waals surface area contributed by atoms with Crippen molar-refractivity contribution in [3.8, 4) is 11.1 Å². The molecule has 3 aromatic rings. The SMILES string of the molecule is CN(C)C(=O)c1ccccc1-c1ccc(N2CC[C@H](NS(=O)(=O)/C=C/c3ccc(Cl)s3)C2=O)nc1. The van der Waals surface area contributed by atoms with Crippen LogP contribution in [0.15, 0.2) is 60.1 Å². The second-order valence-corrected chi connectivity index (χ2v) is 11.4. The minimum absolute atomic E-state index is 0.120. The van der Waals surface area contributed by atoms with Gasteiger partial charge in [0.05, 0.1) is 4.34 Å². The van der Waals surface area contributed by atoms with Crippen molar-refractivity contribution >= 4 is 56.7 Å². The maximum Gasteiger partial charge on any atom is 0.253 e. The van der Waals surface area contributed by atoms with E-state index in [1.165, 1.54) is 27.2 Å². The first-order valence-corrected chi connectivity index (χ1v) is 13.4. The molecule has 8 nitrogen and oxygen atoms in total. The summed E-state index contributed by atoms with van der Waals surface area (Å²) in [5.41, 5.74) is 2.03. The van der Waals surface area contributed by atoms with Gasteiger partial charge in [0.25, 0.3) is 5.91 Å². The summed E-state index contributed by atoms with van der Waals surface area (Å²) < 4.78 is 27.9. The zero-order valence-corrected chi connectivity index (χ0v) is 21.4. The fourth-order valence-electron chi connectivity index (χ4n) is 3.70. The Morgan fingerprint density at radius 2 is 1.97 bits per heavy atom. The van der Waals surface area contributed by atoms with Crippen LogP contribution in [0, 0.1) is 0 Å². The lowest BCUT2D eigenvalue weighted by molar-refractivity contribution is -0.118. The molecule has 1 aliphatic heterocycles. The smallest absolute Gasteiger partial charge is 0.253 e. The van der Waals surface area contributed by atoms with Gasteiger partial charge in [-0.1, -0.05) is 29.8 Å². The number of rotatable bonds is 7. The molecular formula is C24H23ClN4O4S2. The number of halogens is 1. The highest BCUT2D eigenvalue weighted by molar-refractivity contribution is 7.92. The van der Waals surface area contributed by atoms with Crippen molar-refractivity contribution in [3.05, 3.63) is 74.9 Å². The Morgan fingerprint density at radius 1 is 1.20 bits per heavy atom. The number of thiophene rings is 1. The van der Waals surface area contributed by atoms with Gasteiger partial charge in [-0.25, -0.2) is 13.4 Å². The lowest BCUT2D eigenvalue weighted by Gasteiger charge is -2.17. The Balaban J connectivity index is 1.47. The van der Waals surface area contributed by atoms with Crippen molar-refractivity contribution in [2.75, 3.05) is 25.5 Å². The number of sulfonamides is 1. The van der Waals surface area contributed by atoms with Crippen LogP contribution >= 0.6 is 22.9 Å². The Bertz CT molecular complexity index is 1380. The monoisotopic (exact) mass is 530 g/mol. The molecule has 2 aromatic heterocycles. The maximum absolute atomic E-state index is 12.9. The number of benzene rings is 1. The second kappa shape index (κ2) is 10.3. The quantitative estimate of drug-likeness (QED) is 0.500. The van der Waals surface area contributed by atoms with Crippen LogP contribution < -0.4 is 9.62 Å². The first-order valence-electron chi connectivity index (χ1n) is 10.7. The number of carbonyl (C=O) groups is 2. The molecule has 1 saturated heterocycles. The molecule has 1 aromatic carbocycles. The molecule has 11 heteroatoms. The van der Waals surface area contributed by atoms with Gasteiger partial charge in [-0.15, -0.1) is 11.3 Å². The number of nitrogens with zero attached hydrogens (tertiary/aromatic N) is 3. The van der Waals surface area contributed by atoms with E-state index < -0.39 is 16.1 Å². The molecule has 3 heterocycles. The number of hydrogen-bond donors (Lipinski definition) is 1. The summed E-state index contributed by atoms with van der Waals surface area (Å²) in [7, 11) is -0.442. The fraction of sp³-hybridized carbons (Fsp3) is 0.208. The molecule has 1 aliphatic rings. The van der Waals surface area contributed by atoms with Gasteiger partial charge in [0.2, 0.25) is 15.9 Å². The Kier molecular flexibility index (Phi) is 7.36. The summed E-state index contributed by atoms with van der Waals surface area (Å²) in [6.45, 7) is 0.332. The summed E-state index contributed by atoms with van der Waals surface area (Å²) in [5.74, 6) is -0.0732. The lowest BCUT2D eigenvalue weighted by Crippen LogP contribution is -2.40. The topological polar surface area (TPSA) is 99.7 Å². The van der Waals surface area contributed by atoms with Crippen molar-refractivity contribution in [2.24, 2.45) is 0 Å². The van der Waals surface area contributed by atoms with E-state index in [1.54, 1.807) is 56.7 Å². The fourth-order valence-corrected chi connectivity index (χ4v) is 5.77. The summed E-state index contributed by atoms with van der Waals surface area (Å²) in [6, 6.07) is 13.3. The van der Waals surface area contributed by atoms with Crippen LogP contribution in [0.2, 0.25) is 4.34 Å². The zero-order valence-electron chi connectivity index (χ0n) is 19.0. The molecule has 0 bridgehead atoms. The Labute approximate surface area is 212 Å². The van der Waals surface area contributed by atoms with E-state index in [1.807, 2.05) is 12.1 Å². The molecule has 2 amide bonds. The van der Waals surface area contributed by atoms with Crippen molar-refractivity contribution in [1.82, 2.24) is 14.6 Å². The highest BCUT2D eigenvalue weighted by atomic mass is 35.5. The van der Waals surface area contributed by atoms with Gasteiger partial charge in [0, 0.05) is 48.2 Å². The first kappa shape index (κ1) is 25.1. The molecule has 0 radical (unpaired) electrons. The molecule has 1 atom stereocenters. The van der Waals surface area contributed by atoms with Gasteiger partial charge < -0.3 is 4.90 Å². The lowest BCUT2D eigenvalue weighted by atomic mass is 10.0. The highest BCUT2D eigenvalue weighted by Gasteiger charge is 2.35. The van der Waals surface area contributed by atoms with E-state index >= 15 is 0 Å². The number of amides is 2. The van der Waals surface area contributed by atoms with Crippen molar-refractivity contribution < 1.29 is 18.0 Å². The van der Waals surface area contributed by atoms with Crippen LogP contribution in [0.4, 0.5) is 5.82 Å². The molecule has 182 valence electrons. The number of hydrogen-bond acceptors (Lipinski definition) is 6. The zero-order chi connectivity index (χ0) is 25.2. The average molecular weight is 531 g/mol. The number of anilines is 1. The molecular weight excluding hydrogens is 508 g/mol. The van der Waals surface area contributed by atoms with E-state index in [0.29, 0.717) is 33.6 Å². The van der Waals surface area contributed by atoms with Crippen molar-refractivity contribution in [1.29, 1.82) is 0 Å². The third-order valence-electron chi connectivity index (χ3n) is 5.42. The predicted molar refractivity (Wildman–Crippen MR) is 139 cm³/mol. The third-order valence-corrected chi connectivity index (χ3v) is 7.72. The number of nitrogens with one attached hydrogen (secondary N) is 1. The van der Waals surface area contributed by atoms with E-state index in [4.69, 9.17) is 11.6 Å². The van der Waals surface area contributed by atoms with Gasteiger partial charge in [0.1, 0.15) is 11.9 Å². The summed E-state index contributed by atoms with van der Waals surface area (Å²) in [5, 5.41) is 1.03. The summed E-state index contributed by atoms with van der Waals surface area (Å²) >= 11 is 7.12. The Hall–Kier alpha value is -3.05. The van der Waals surface area contributed by atoms with Gasteiger partial charge in [0.15, 0.2) is 0 Å². The van der Waals surface area contributed by atoms with Gasteiger partial charge in [-0.2, -0.15) is 4.72 Å². The molecule has 1 N–H and O–H groups in total. The number of aromatic nitrogens is 1. The molecule has 0 spiro atoms. The standard InChI is InChI=1S/C24H23ClN4O4S2/c1-28(2)23(30)19-6-4-3-5-18(19)16-7-10-22(26-15-16)29-13-11-20(24(29)31)27-35(32,33)14-12-17-8-9-21(25)34-17/h3-10,12,14-15,20,27H,11,13H2,1-2H3/b14-12+/t20-/m0/s1. The van der Waals surface area contributed by atoms with Gasteiger partial charge >= 0.3 is 0 Å². The molecule has 0 saturated carbocycles. The molecule has 1 fully saturated rings. The normalized spacial score (nSPS) is 16.3. The van der Waals surface area contributed by atoms with Crippen LogP contribution in [-0.2, 0) is 14.8 Å².